The van der Waals surface area contributed by atoms with Crippen molar-refractivity contribution in [2.24, 2.45) is 16.3 Å². The van der Waals surface area contributed by atoms with E-state index in [0.717, 1.165) is 5.69 Å². The second-order valence-electron chi connectivity index (χ2n) is 5.80. The van der Waals surface area contributed by atoms with Crippen LogP contribution in [0.2, 0.25) is 5.02 Å². The van der Waals surface area contributed by atoms with Gasteiger partial charge in [-0.3, -0.25) is 0 Å². The molecule has 3 N–H and O–H groups in total. The number of halogens is 1. The van der Waals surface area contributed by atoms with E-state index in [-0.39, 0.29) is 17.3 Å². The Labute approximate surface area is 119 Å². The maximum absolute atomic E-state index is 8.89. The Hall–Kier alpha value is -1.42. The Balaban J connectivity index is 3.27. The van der Waals surface area contributed by atoms with Crippen molar-refractivity contribution in [2.75, 3.05) is 11.9 Å². The molecule has 0 bridgehead atoms. The fourth-order valence-electron chi connectivity index (χ4n) is 1.86. The molecular formula is C14H22ClN3O. The molecule has 1 aromatic rings. The quantitative estimate of drug-likeness (QED) is 0.387. The second kappa shape index (κ2) is 5.70. The summed E-state index contributed by atoms with van der Waals surface area (Å²) in [4.78, 5) is 2.11. The molecule has 106 valence electrons. The summed E-state index contributed by atoms with van der Waals surface area (Å²) in [6.45, 7) is 8.67. The molecule has 1 aromatic carbocycles. The summed E-state index contributed by atoms with van der Waals surface area (Å²) in [5.74, 6) is 0.0606. The average molecular weight is 284 g/mol. The van der Waals surface area contributed by atoms with Crippen molar-refractivity contribution < 1.29 is 5.21 Å². The maximum Gasteiger partial charge on any atom is 0.172 e. The van der Waals surface area contributed by atoms with Crippen LogP contribution in [-0.4, -0.2) is 24.1 Å². The van der Waals surface area contributed by atoms with Crippen LogP contribution in [-0.2, 0) is 0 Å². The van der Waals surface area contributed by atoms with Crippen LogP contribution < -0.4 is 10.6 Å². The Morgan fingerprint density at radius 2 is 2.00 bits per heavy atom. The lowest BCUT2D eigenvalue weighted by molar-refractivity contribution is 0.318. The highest BCUT2D eigenvalue weighted by molar-refractivity contribution is 6.31. The summed E-state index contributed by atoms with van der Waals surface area (Å²) < 4.78 is 0. The number of nitrogens with two attached hydrogens (primary N) is 1. The Morgan fingerprint density at radius 3 is 2.47 bits per heavy atom. The van der Waals surface area contributed by atoms with Crippen molar-refractivity contribution in [2.45, 2.75) is 33.7 Å². The van der Waals surface area contributed by atoms with Gasteiger partial charge in [0.15, 0.2) is 5.84 Å². The van der Waals surface area contributed by atoms with Gasteiger partial charge in [0.25, 0.3) is 0 Å². The van der Waals surface area contributed by atoms with Crippen LogP contribution in [0.3, 0.4) is 0 Å². The largest absolute Gasteiger partial charge is 0.409 e. The van der Waals surface area contributed by atoms with E-state index in [2.05, 4.69) is 37.8 Å². The van der Waals surface area contributed by atoms with Gasteiger partial charge in [0.05, 0.1) is 0 Å². The molecule has 0 aliphatic rings. The van der Waals surface area contributed by atoms with Crippen LogP contribution in [0.4, 0.5) is 5.69 Å². The van der Waals surface area contributed by atoms with Crippen LogP contribution in [0, 0.1) is 5.41 Å². The molecule has 1 rings (SSSR count). The lowest BCUT2D eigenvalue weighted by Crippen LogP contribution is -2.40. The van der Waals surface area contributed by atoms with Gasteiger partial charge in [0, 0.05) is 29.4 Å². The molecular weight excluding hydrogens is 262 g/mol. The topological polar surface area (TPSA) is 61.8 Å². The summed E-state index contributed by atoms with van der Waals surface area (Å²) in [6, 6.07) is 5.67. The van der Waals surface area contributed by atoms with E-state index >= 15 is 0 Å². The van der Waals surface area contributed by atoms with Gasteiger partial charge >= 0.3 is 0 Å². The molecule has 0 saturated carbocycles. The molecule has 0 amide bonds. The number of nitrogens with zero attached hydrogens (tertiary/aromatic N) is 2. The normalized spacial score (nSPS) is 14.3. The van der Waals surface area contributed by atoms with Crippen LogP contribution in [0.5, 0.6) is 0 Å². The number of hydrogen-bond acceptors (Lipinski definition) is 3. The van der Waals surface area contributed by atoms with Crippen molar-refractivity contribution in [1.29, 1.82) is 0 Å². The van der Waals surface area contributed by atoms with E-state index in [4.69, 9.17) is 22.5 Å². The van der Waals surface area contributed by atoms with E-state index in [1.165, 1.54) is 0 Å². The lowest BCUT2D eigenvalue weighted by atomic mass is 9.86. The number of hydrogen-bond donors (Lipinski definition) is 2. The van der Waals surface area contributed by atoms with Gasteiger partial charge in [-0.05, 0) is 30.5 Å². The van der Waals surface area contributed by atoms with Crippen molar-refractivity contribution in [3.63, 3.8) is 0 Å². The molecule has 19 heavy (non-hydrogen) atoms. The van der Waals surface area contributed by atoms with Gasteiger partial charge in [-0.15, -0.1) is 0 Å². The first-order valence-corrected chi connectivity index (χ1v) is 6.56. The molecule has 0 aromatic heterocycles. The number of benzene rings is 1. The average Bonchev–Trinajstić information content (AvgIpc) is 2.34. The third-order valence-electron chi connectivity index (χ3n) is 3.56. The first-order valence-electron chi connectivity index (χ1n) is 6.18. The van der Waals surface area contributed by atoms with Gasteiger partial charge in [0.2, 0.25) is 0 Å². The molecule has 4 nitrogen and oxygen atoms in total. The number of oxime groups is 1. The second-order valence-corrected chi connectivity index (χ2v) is 6.24. The minimum Gasteiger partial charge on any atom is -0.409 e. The smallest absolute Gasteiger partial charge is 0.172 e. The number of rotatable bonds is 3. The molecule has 1 atom stereocenters. The molecule has 0 fully saturated rings. The summed E-state index contributed by atoms with van der Waals surface area (Å²) in [5.41, 5.74) is 7.36. The van der Waals surface area contributed by atoms with Crippen molar-refractivity contribution >= 4 is 23.1 Å². The number of amidine groups is 1. The predicted molar refractivity (Wildman–Crippen MR) is 81.3 cm³/mol. The lowest BCUT2D eigenvalue weighted by Gasteiger charge is -2.37. The highest BCUT2D eigenvalue weighted by atomic mass is 35.5. The molecule has 0 spiro atoms. The highest BCUT2D eigenvalue weighted by Gasteiger charge is 2.26. The van der Waals surface area contributed by atoms with E-state index < -0.39 is 0 Å². The van der Waals surface area contributed by atoms with Crippen molar-refractivity contribution in [1.82, 2.24) is 0 Å². The zero-order valence-electron chi connectivity index (χ0n) is 12.1. The minimum absolute atomic E-state index is 0.0606. The SMILES string of the molecule is CC(N(C)c1ccc(Cl)cc1C(N)=NO)C(C)(C)C. The van der Waals surface area contributed by atoms with E-state index in [1.54, 1.807) is 12.1 Å². The summed E-state index contributed by atoms with van der Waals surface area (Å²) in [5, 5.41) is 12.5. The third kappa shape index (κ3) is 3.53. The fourth-order valence-corrected chi connectivity index (χ4v) is 2.04. The van der Waals surface area contributed by atoms with Crippen LogP contribution in [0.1, 0.15) is 33.3 Å². The van der Waals surface area contributed by atoms with Crippen LogP contribution >= 0.6 is 11.6 Å². The van der Waals surface area contributed by atoms with Crippen molar-refractivity contribution in [3.05, 3.63) is 28.8 Å². The van der Waals surface area contributed by atoms with Crippen LogP contribution in [0.15, 0.2) is 23.4 Å². The van der Waals surface area contributed by atoms with E-state index in [1.807, 2.05) is 13.1 Å². The zero-order chi connectivity index (χ0) is 14.8. The Kier molecular flexibility index (Phi) is 4.69. The summed E-state index contributed by atoms with van der Waals surface area (Å²) in [6.07, 6.45) is 0. The third-order valence-corrected chi connectivity index (χ3v) is 3.79. The van der Waals surface area contributed by atoms with E-state index in [0.29, 0.717) is 10.6 Å². The molecule has 5 heteroatoms. The minimum atomic E-state index is 0.0606. The molecule has 0 aliphatic carbocycles. The van der Waals surface area contributed by atoms with Gasteiger partial charge in [0.1, 0.15) is 0 Å². The van der Waals surface area contributed by atoms with Gasteiger partial charge < -0.3 is 15.8 Å². The van der Waals surface area contributed by atoms with Crippen molar-refractivity contribution in [3.8, 4) is 0 Å². The fraction of sp³-hybridized carbons (Fsp3) is 0.500. The first-order chi connectivity index (χ1) is 8.68. The molecule has 0 heterocycles. The standard InChI is InChI=1S/C14H22ClN3O/c1-9(14(2,3)4)18(5)12-7-6-10(15)8-11(12)13(16)17-19/h6-9,19H,1-5H3,(H2,16,17). The number of anilines is 1. The van der Waals surface area contributed by atoms with Crippen LogP contribution in [0.25, 0.3) is 0 Å². The van der Waals surface area contributed by atoms with Gasteiger partial charge in [-0.2, -0.15) is 0 Å². The Bertz CT molecular complexity index is 480. The first kappa shape index (κ1) is 15.6. The summed E-state index contributed by atoms with van der Waals surface area (Å²) >= 11 is 5.98. The maximum atomic E-state index is 8.89. The molecule has 0 aliphatic heterocycles. The van der Waals surface area contributed by atoms with Gasteiger partial charge in [-0.1, -0.05) is 37.5 Å². The molecule has 1 unspecified atom stereocenters. The van der Waals surface area contributed by atoms with Gasteiger partial charge in [-0.25, -0.2) is 0 Å². The predicted octanol–water partition coefficient (Wildman–Crippen LogP) is 3.31. The summed E-state index contributed by atoms with van der Waals surface area (Å²) in [7, 11) is 1.99. The van der Waals surface area contributed by atoms with E-state index in [9.17, 15) is 0 Å². The monoisotopic (exact) mass is 283 g/mol. The Morgan fingerprint density at radius 1 is 1.42 bits per heavy atom. The zero-order valence-corrected chi connectivity index (χ0v) is 12.9. The molecule has 0 radical (unpaired) electrons. The highest BCUT2D eigenvalue weighted by Crippen LogP contribution is 2.30. The molecule has 0 saturated heterocycles.